The van der Waals surface area contributed by atoms with E-state index in [1.165, 1.54) is 0 Å². The Bertz CT molecular complexity index is 696. The summed E-state index contributed by atoms with van der Waals surface area (Å²) < 4.78 is 5.76. The molecule has 0 spiro atoms. The third-order valence-electron chi connectivity index (χ3n) is 3.38. The Kier molecular flexibility index (Phi) is 6.76. The molecule has 0 amide bonds. The second-order valence-corrected chi connectivity index (χ2v) is 6.12. The van der Waals surface area contributed by atoms with Gasteiger partial charge < -0.3 is 15.2 Å². The van der Waals surface area contributed by atoms with E-state index in [-0.39, 0.29) is 6.42 Å². The lowest BCUT2D eigenvalue weighted by Crippen LogP contribution is -2.01. The molecule has 0 radical (unpaired) electrons. The molecule has 4 nitrogen and oxygen atoms in total. The Labute approximate surface area is 151 Å². The van der Waals surface area contributed by atoms with E-state index in [2.05, 4.69) is 5.32 Å². The van der Waals surface area contributed by atoms with Crippen molar-refractivity contribution in [2.75, 3.05) is 11.9 Å². The summed E-state index contributed by atoms with van der Waals surface area (Å²) in [5.74, 6) is -0.450. The first-order valence-corrected chi connectivity index (χ1v) is 8.40. The first-order valence-electron chi connectivity index (χ1n) is 7.65. The number of carboxylic acids is 1. The van der Waals surface area contributed by atoms with Crippen LogP contribution in [-0.2, 0) is 17.8 Å². The molecule has 2 rings (SSSR count). The molecular weight excluding hydrogens is 349 g/mol. The molecule has 0 fully saturated rings. The van der Waals surface area contributed by atoms with Crippen LogP contribution in [0.2, 0.25) is 10.0 Å². The zero-order valence-corrected chi connectivity index (χ0v) is 14.8. The van der Waals surface area contributed by atoms with Crippen molar-refractivity contribution >= 4 is 34.9 Å². The van der Waals surface area contributed by atoms with Gasteiger partial charge >= 0.3 is 5.97 Å². The SMILES string of the molecule is CCNc1cccc(COc2c(Cl)cc(CCC(=O)O)cc2Cl)c1. The fourth-order valence-corrected chi connectivity index (χ4v) is 2.92. The number of ether oxygens (including phenoxy) is 1. The lowest BCUT2D eigenvalue weighted by atomic mass is 10.1. The average molecular weight is 368 g/mol. The number of carboxylic acid groups (broad SMARTS) is 1. The summed E-state index contributed by atoms with van der Waals surface area (Å²) in [6.07, 6.45) is 0.407. The molecule has 2 aromatic rings. The number of hydrogen-bond donors (Lipinski definition) is 2. The van der Waals surface area contributed by atoms with Crippen molar-refractivity contribution in [2.24, 2.45) is 0 Å². The van der Waals surface area contributed by atoms with Crippen LogP contribution in [0.4, 0.5) is 5.69 Å². The summed E-state index contributed by atoms with van der Waals surface area (Å²) >= 11 is 12.5. The number of aryl methyl sites for hydroxylation is 1. The molecule has 0 aliphatic heterocycles. The van der Waals surface area contributed by atoms with Crippen molar-refractivity contribution in [1.82, 2.24) is 0 Å². The van der Waals surface area contributed by atoms with Crippen molar-refractivity contribution in [3.8, 4) is 5.75 Å². The van der Waals surface area contributed by atoms with Crippen LogP contribution in [0.5, 0.6) is 5.75 Å². The molecule has 2 N–H and O–H groups in total. The number of rotatable bonds is 8. The van der Waals surface area contributed by atoms with Gasteiger partial charge in [0.05, 0.1) is 10.0 Å². The number of carbonyl (C=O) groups is 1. The van der Waals surface area contributed by atoms with Gasteiger partial charge in [-0.1, -0.05) is 35.3 Å². The van der Waals surface area contributed by atoms with Crippen molar-refractivity contribution in [3.63, 3.8) is 0 Å². The highest BCUT2D eigenvalue weighted by Gasteiger charge is 2.11. The number of anilines is 1. The highest BCUT2D eigenvalue weighted by Crippen LogP contribution is 2.35. The van der Waals surface area contributed by atoms with Gasteiger partial charge in [0.25, 0.3) is 0 Å². The van der Waals surface area contributed by atoms with E-state index in [1.54, 1.807) is 12.1 Å². The monoisotopic (exact) mass is 367 g/mol. The second kappa shape index (κ2) is 8.81. The van der Waals surface area contributed by atoms with Crippen LogP contribution in [0.15, 0.2) is 36.4 Å². The molecule has 0 aliphatic rings. The van der Waals surface area contributed by atoms with E-state index in [4.69, 9.17) is 33.0 Å². The smallest absolute Gasteiger partial charge is 0.303 e. The first kappa shape index (κ1) is 18.4. The van der Waals surface area contributed by atoms with Gasteiger partial charge in [-0.25, -0.2) is 0 Å². The van der Waals surface area contributed by atoms with Crippen molar-refractivity contribution < 1.29 is 14.6 Å². The van der Waals surface area contributed by atoms with Gasteiger partial charge in [0.1, 0.15) is 6.61 Å². The Morgan fingerprint density at radius 2 is 1.88 bits per heavy atom. The average Bonchev–Trinajstić information content (AvgIpc) is 2.53. The summed E-state index contributed by atoms with van der Waals surface area (Å²) in [5.41, 5.74) is 2.80. The molecule has 0 atom stereocenters. The molecule has 0 saturated carbocycles. The third-order valence-corrected chi connectivity index (χ3v) is 3.94. The minimum Gasteiger partial charge on any atom is -0.486 e. The lowest BCUT2D eigenvalue weighted by Gasteiger charge is -2.12. The van der Waals surface area contributed by atoms with Gasteiger partial charge in [0.2, 0.25) is 0 Å². The number of hydrogen-bond acceptors (Lipinski definition) is 3. The normalized spacial score (nSPS) is 10.5. The van der Waals surface area contributed by atoms with Crippen LogP contribution in [0.25, 0.3) is 0 Å². The lowest BCUT2D eigenvalue weighted by molar-refractivity contribution is -0.136. The molecular formula is C18H19Cl2NO3. The number of nitrogens with one attached hydrogen (secondary N) is 1. The zero-order valence-electron chi connectivity index (χ0n) is 13.3. The minimum atomic E-state index is -0.858. The van der Waals surface area contributed by atoms with E-state index in [0.717, 1.165) is 23.4 Å². The maximum atomic E-state index is 10.6. The minimum absolute atomic E-state index is 0.0318. The molecule has 128 valence electrons. The largest absolute Gasteiger partial charge is 0.486 e. The van der Waals surface area contributed by atoms with Crippen molar-refractivity contribution in [3.05, 3.63) is 57.6 Å². The molecule has 0 aromatic heterocycles. The predicted octanol–water partition coefficient (Wildman–Crippen LogP) is 5.02. The molecule has 0 heterocycles. The van der Waals surface area contributed by atoms with Crippen LogP contribution in [-0.4, -0.2) is 17.6 Å². The van der Waals surface area contributed by atoms with Crippen LogP contribution < -0.4 is 10.1 Å². The van der Waals surface area contributed by atoms with Crippen LogP contribution in [0.3, 0.4) is 0 Å². The first-order chi connectivity index (χ1) is 11.5. The number of benzene rings is 2. The maximum absolute atomic E-state index is 10.6. The Hall–Kier alpha value is -1.91. The Balaban J connectivity index is 2.07. The maximum Gasteiger partial charge on any atom is 0.303 e. The quantitative estimate of drug-likeness (QED) is 0.687. The van der Waals surface area contributed by atoms with Gasteiger partial charge in [0.15, 0.2) is 5.75 Å². The molecule has 0 aliphatic carbocycles. The Morgan fingerprint density at radius 3 is 2.50 bits per heavy atom. The zero-order chi connectivity index (χ0) is 17.5. The summed E-state index contributed by atoms with van der Waals surface area (Å²) in [6.45, 7) is 3.22. The van der Waals surface area contributed by atoms with Crippen molar-refractivity contribution in [2.45, 2.75) is 26.4 Å². The van der Waals surface area contributed by atoms with Gasteiger partial charge in [-0.05, 0) is 48.7 Å². The van der Waals surface area contributed by atoms with E-state index in [0.29, 0.717) is 28.8 Å². The van der Waals surface area contributed by atoms with Crippen molar-refractivity contribution in [1.29, 1.82) is 0 Å². The predicted molar refractivity (Wildman–Crippen MR) is 97.4 cm³/mol. The third kappa shape index (κ3) is 5.32. The molecule has 0 bridgehead atoms. The number of halogens is 2. The fourth-order valence-electron chi connectivity index (χ4n) is 2.28. The highest BCUT2D eigenvalue weighted by molar-refractivity contribution is 6.37. The van der Waals surface area contributed by atoms with Crippen LogP contribution in [0, 0.1) is 0 Å². The van der Waals surface area contributed by atoms with E-state index in [1.807, 2.05) is 31.2 Å². The molecule has 0 saturated heterocycles. The standard InChI is InChI=1S/C18H19Cl2NO3/c1-2-21-14-5-3-4-13(8-14)11-24-18-15(19)9-12(10-16(18)20)6-7-17(22)23/h3-5,8-10,21H,2,6-7,11H2,1H3,(H,22,23). The van der Waals surface area contributed by atoms with Crippen LogP contribution in [0.1, 0.15) is 24.5 Å². The van der Waals surface area contributed by atoms with E-state index >= 15 is 0 Å². The summed E-state index contributed by atoms with van der Waals surface area (Å²) in [7, 11) is 0. The topological polar surface area (TPSA) is 58.6 Å². The highest BCUT2D eigenvalue weighted by atomic mass is 35.5. The van der Waals surface area contributed by atoms with Gasteiger partial charge in [-0.3, -0.25) is 4.79 Å². The second-order valence-electron chi connectivity index (χ2n) is 5.30. The summed E-state index contributed by atoms with van der Waals surface area (Å²) in [4.78, 5) is 10.6. The fraction of sp³-hybridized carbons (Fsp3) is 0.278. The molecule has 6 heteroatoms. The van der Waals surface area contributed by atoms with Gasteiger partial charge in [-0.15, -0.1) is 0 Å². The molecule has 24 heavy (non-hydrogen) atoms. The Morgan fingerprint density at radius 1 is 1.17 bits per heavy atom. The summed E-state index contributed by atoms with van der Waals surface area (Å²) in [6, 6.07) is 11.3. The summed E-state index contributed by atoms with van der Waals surface area (Å²) in [5, 5.41) is 12.7. The number of aliphatic carboxylic acids is 1. The molecule has 0 unspecified atom stereocenters. The van der Waals surface area contributed by atoms with Gasteiger partial charge in [0, 0.05) is 18.7 Å². The van der Waals surface area contributed by atoms with Gasteiger partial charge in [-0.2, -0.15) is 0 Å². The van der Waals surface area contributed by atoms with E-state index in [9.17, 15) is 4.79 Å². The van der Waals surface area contributed by atoms with Crippen LogP contribution >= 0.6 is 23.2 Å². The molecule has 2 aromatic carbocycles. The van der Waals surface area contributed by atoms with E-state index < -0.39 is 5.97 Å².